The lowest BCUT2D eigenvalue weighted by Gasteiger charge is -2.52. The van der Waals surface area contributed by atoms with Gasteiger partial charge in [-0.25, -0.2) is 0 Å². The molecule has 12 atom stereocenters. The summed E-state index contributed by atoms with van der Waals surface area (Å²) in [6, 6.07) is 10.8. The standard InChI is InChI=1S/C43H67NO5/c1-7-46-38(40(4,5)45)33-18-16-31-34(48-33)25-32-30-17-19-35-39(2,3)36(15-11-21-43(35)28-42(30,43)22-12-20-41(31,32)6)49-37-27-44(23-24-47-37)26-29-13-9-8-10-14-29/h8-10,13-14,30-38,45H,7,11-12,15-28H2,1-6H3. The van der Waals surface area contributed by atoms with Crippen LogP contribution in [0.15, 0.2) is 30.3 Å². The van der Waals surface area contributed by atoms with Crippen LogP contribution in [0.4, 0.5) is 0 Å². The van der Waals surface area contributed by atoms with Gasteiger partial charge in [0.2, 0.25) is 0 Å². The van der Waals surface area contributed by atoms with Crippen molar-refractivity contribution in [3.63, 3.8) is 0 Å². The van der Waals surface area contributed by atoms with E-state index in [0.717, 1.165) is 56.8 Å². The molecule has 0 amide bonds. The van der Waals surface area contributed by atoms with Gasteiger partial charge in [-0.05, 0) is 136 Å². The Morgan fingerprint density at radius 2 is 1.71 bits per heavy atom. The summed E-state index contributed by atoms with van der Waals surface area (Å²) >= 11 is 0. The molecule has 5 saturated carbocycles. The molecular formula is C43H67NO5. The molecule has 8 rings (SSSR count). The van der Waals surface area contributed by atoms with Crippen molar-refractivity contribution in [2.45, 2.75) is 161 Å². The first-order chi connectivity index (χ1) is 23.4. The van der Waals surface area contributed by atoms with Gasteiger partial charge in [-0.15, -0.1) is 0 Å². The van der Waals surface area contributed by atoms with Crippen molar-refractivity contribution in [2.24, 2.45) is 45.3 Å². The second kappa shape index (κ2) is 12.8. The van der Waals surface area contributed by atoms with E-state index in [1.807, 2.05) is 20.8 Å². The lowest BCUT2D eigenvalue weighted by molar-refractivity contribution is -0.230. The van der Waals surface area contributed by atoms with Gasteiger partial charge >= 0.3 is 0 Å². The van der Waals surface area contributed by atoms with E-state index in [1.54, 1.807) is 0 Å². The molecule has 6 nitrogen and oxygen atoms in total. The van der Waals surface area contributed by atoms with Crippen molar-refractivity contribution in [3.8, 4) is 0 Å². The second-order valence-electron chi connectivity index (χ2n) is 19.2. The largest absolute Gasteiger partial charge is 0.388 e. The smallest absolute Gasteiger partial charge is 0.170 e. The summed E-state index contributed by atoms with van der Waals surface area (Å²) in [5.41, 5.74) is 1.96. The average molecular weight is 678 g/mol. The van der Waals surface area contributed by atoms with Crippen molar-refractivity contribution in [3.05, 3.63) is 35.9 Å². The number of morpholine rings is 1. The van der Waals surface area contributed by atoms with Gasteiger partial charge in [0.1, 0.15) is 6.10 Å². The third kappa shape index (κ3) is 5.80. The third-order valence-electron chi connectivity index (χ3n) is 16.1. The maximum absolute atomic E-state index is 11.0. The van der Waals surface area contributed by atoms with E-state index < -0.39 is 5.60 Å². The van der Waals surface area contributed by atoms with E-state index in [2.05, 4.69) is 56.0 Å². The molecule has 0 aromatic heterocycles. The highest BCUT2D eigenvalue weighted by Gasteiger charge is 2.79. The lowest BCUT2D eigenvalue weighted by Crippen LogP contribution is -2.51. The number of aliphatic hydroxyl groups is 1. The number of fused-ring (bicyclic) bond motifs is 4. The van der Waals surface area contributed by atoms with Gasteiger partial charge in [0.25, 0.3) is 0 Å². The fraction of sp³-hybridized carbons (Fsp3) is 0.860. The Bertz CT molecular complexity index is 1310. The number of hydrogen-bond donors (Lipinski definition) is 1. The van der Waals surface area contributed by atoms with Crippen molar-refractivity contribution in [2.75, 3.05) is 26.3 Å². The molecule has 7 fully saturated rings. The van der Waals surface area contributed by atoms with Crippen LogP contribution in [-0.2, 0) is 25.5 Å². The average Bonchev–Trinajstić information content (AvgIpc) is 3.70. The van der Waals surface area contributed by atoms with Gasteiger partial charge in [0.05, 0.1) is 30.5 Å². The van der Waals surface area contributed by atoms with Crippen LogP contribution in [0.2, 0.25) is 0 Å². The van der Waals surface area contributed by atoms with Crippen LogP contribution in [0.25, 0.3) is 0 Å². The van der Waals surface area contributed by atoms with Crippen LogP contribution in [0.3, 0.4) is 0 Å². The van der Waals surface area contributed by atoms with Crippen LogP contribution in [0.1, 0.15) is 124 Å². The van der Waals surface area contributed by atoms with Crippen LogP contribution in [0, 0.1) is 45.3 Å². The van der Waals surface area contributed by atoms with Gasteiger partial charge in [-0.3, -0.25) is 4.90 Å². The van der Waals surface area contributed by atoms with Gasteiger partial charge in [-0.1, -0.05) is 63.9 Å². The van der Waals surface area contributed by atoms with Crippen molar-refractivity contribution in [1.82, 2.24) is 4.90 Å². The first kappa shape index (κ1) is 35.0. The molecule has 5 aliphatic carbocycles. The molecule has 1 aromatic rings. The fourth-order valence-electron chi connectivity index (χ4n) is 14.1. The minimum atomic E-state index is -0.901. The number of rotatable bonds is 8. The molecule has 2 aliphatic heterocycles. The quantitative estimate of drug-likeness (QED) is 0.298. The summed E-state index contributed by atoms with van der Waals surface area (Å²) < 4.78 is 26.6. The molecule has 6 heteroatoms. The number of benzene rings is 1. The minimum absolute atomic E-state index is 0.0118. The van der Waals surface area contributed by atoms with E-state index in [1.165, 1.54) is 69.8 Å². The lowest BCUT2D eigenvalue weighted by atomic mass is 9.54. The highest BCUT2D eigenvalue weighted by molar-refractivity contribution is 5.27. The van der Waals surface area contributed by atoms with E-state index in [0.29, 0.717) is 34.9 Å². The van der Waals surface area contributed by atoms with Crippen LogP contribution < -0.4 is 0 Å². The van der Waals surface area contributed by atoms with E-state index in [9.17, 15) is 5.11 Å². The van der Waals surface area contributed by atoms with Crippen LogP contribution >= 0.6 is 0 Å². The molecule has 49 heavy (non-hydrogen) atoms. The Hall–Kier alpha value is -1.02. The van der Waals surface area contributed by atoms with Crippen molar-refractivity contribution in [1.29, 1.82) is 0 Å². The van der Waals surface area contributed by atoms with Gasteiger partial charge < -0.3 is 24.1 Å². The first-order valence-electron chi connectivity index (χ1n) is 20.4. The Labute approximate surface area is 297 Å². The molecule has 2 heterocycles. The summed E-state index contributed by atoms with van der Waals surface area (Å²) in [7, 11) is 0. The summed E-state index contributed by atoms with van der Waals surface area (Å²) in [5.74, 6) is 2.93. The van der Waals surface area contributed by atoms with Crippen molar-refractivity contribution < 1.29 is 24.1 Å². The van der Waals surface area contributed by atoms with Gasteiger partial charge in [-0.2, -0.15) is 0 Å². The maximum Gasteiger partial charge on any atom is 0.170 e. The molecule has 2 saturated heterocycles. The highest BCUT2D eigenvalue weighted by Crippen LogP contribution is 2.85. The minimum Gasteiger partial charge on any atom is -0.388 e. The topological polar surface area (TPSA) is 60.4 Å². The predicted octanol–water partition coefficient (Wildman–Crippen LogP) is 8.39. The normalized spacial score (nSPS) is 45.4. The summed E-state index contributed by atoms with van der Waals surface area (Å²) in [5, 5.41) is 11.0. The summed E-state index contributed by atoms with van der Waals surface area (Å²) in [6.45, 7) is 17.8. The third-order valence-corrected chi connectivity index (χ3v) is 16.1. The number of nitrogens with zero attached hydrogens (tertiary/aromatic N) is 1. The Kier molecular flexibility index (Phi) is 9.17. The summed E-state index contributed by atoms with van der Waals surface area (Å²) in [4.78, 5) is 2.52. The molecule has 2 spiro atoms. The zero-order valence-electron chi connectivity index (χ0n) is 31.6. The van der Waals surface area contributed by atoms with Crippen LogP contribution in [0.5, 0.6) is 0 Å². The van der Waals surface area contributed by atoms with Gasteiger partial charge in [0, 0.05) is 26.2 Å². The molecular weight excluding hydrogens is 610 g/mol. The monoisotopic (exact) mass is 678 g/mol. The predicted molar refractivity (Wildman–Crippen MR) is 193 cm³/mol. The SMILES string of the molecule is CCOC(C1CCC2C(CC3C4CCC5C(C)(C)C(OC6CN(Cc7ccccc7)CCO6)CCCC56CC46CCCC23C)O1)C(C)(C)O. The van der Waals surface area contributed by atoms with Crippen LogP contribution in [-0.4, -0.2) is 72.6 Å². The molecule has 1 N–H and O–H groups in total. The zero-order chi connectivity index (χ0) is 34.2. The Morgan fingerprint density at radius 3 is 2.49 bits per heavy atom. The van der Waals surface area contributed by atoms with E-state index in [-0.39, 0.29) is 30.0 Å². The van der Waals surface area contributed by atoms with E-state index >= 15 is 0 Å². The maximum atomic E-state index is 11.0. The number of hydrogen-bond acceptors (Lipinski definition) is 6. The van der Waals surface area contributed by atoms with E-state index in [4.69, 9.17) is 18.9 Å². The molecule has 7 aliphatic rings. The molecule has 12 unspecified atom stereocenters. The Balaban J connectivity index is 0.980. The van der Waals surface area contributed by atoms with Gasteiger partial charge in [0.15, 0.2) is 6.29 Å². The zero-order valence-corrected chi connectivity index (χ0v) is 31.6. The molecule has 1 aromatic carbocycles. The first-order valence-corrected chi connectivity index (χ1v) is 20.4. The highest BCUT2D eigenvalue weighted by atomic mass is 16.7. The molecule has 0 bridgehead atoms. The fourth-order valence-corrected chi connectivity index (χ4v) is 14.1. The second-order valence-corrected chi connectivity index (χ2v) is 19.2. The van der Waals surface area contributed by atoms with Crippen molar-refractivity contribution >= 4 is 0 Å². The summed E-state index contributed by atoms with van der Waals surface area (Å²) in [6.07, 6.45) is 15.8. The number of ether oxygens (including phenoxy) is 4. The molecule has 0 radical (unpaired) electrons. The molecule has 274 valence electrons. The Morgan fingerprint density at radius 1 is 0.939 bits per heavy atom.